The van der Waals surface area contributed by atoms with Gasteiger partial charge < -0.3 is 38.3 Å². The molecule has 0 bridgehead atoms. The van der Waals surface area contributed by atoms with Crippen molar-refractivity contribution in [3.63, 3.8) is 0 Å². The van der Waals surface area contributed by atoms with Crippen molar-refractivity contribution in [2.45, 2.75) is 50.7 Å². The van der Waals surface area contributed by atoms with E-state index in [1.165, 1.54) is 6.92 Å². The predicted octanol–water partition coefficient (Wildman–Crippen LogP) is -3.96. The Bertz CT molecular complexity index is 622. The summed E-state index contributed by atoms with van der Waals surface area (Å²) in [6.45, 7) is 0.682. The van der Waals surface area contributed by atoms with Gasteiger partial charge in [-0.25, -0.2) is 0 Å². The second-order valence-corrected chi connectivity index (χ2v) is 6.03. The third-order valence-electron chi connectivity index (χ3n) is 3.45. The number of amides is 5. The van der Waals surface area contributed by atoms with Crippen molar-refractivity contribution in [1.82, 2.24) is 16.0 Å². The summed E-state index contributed by atoms with van der Waals surface area (Å²) in [5, 5.41) is 15.3. The van der Waals surface area contributed by atoms with E-state index in [1.807, 2.05) is 0 Å². The number of nitrogens with two attached hydrogens (primary N) is 3. The molecule has 0 aromatic carbocycles. The number of nitrogens with one attached hydrogen (secondary N) is 3. The highest BCUT2D eigenvalue weighted by Gasteiger charge is 2.28. The van der Waals surface area contributed by atoms with Crippen LogP contribution in [0.2, 0.25) is 0 Å². The maximum atomic E-state index is 12.5. The van der Waals surface area contributed by atoms with Crippen molar-refractivity contribution in [3.05, 3.63) is 0 Å². The van der Waals surface area contributed by atoms with E-state index in [9.17, 15) is 28.8 Å². The first-order chi connectivity index (χ1) is 12.9. The van der Waals surface area contributed by atoms with Crippen molar-refractivity contribution in [2.24, 2.45) is 17.2 Å². The van der Waals surface area contributed by atoms with Crippen LogP contribution < -0.4 is 33.2 Å². The molecule has 0 aliphatic heterocycles. The summed E-state index contributed by atoms with van der Waals surface area (Å²) in [7, 11) is 0. The van der Waals surface area contributed by atoms with Crippen molar-refractivity contribution in [3.8, 4) is 0 Å². The molecule has 3 unspecified atom stereocenters. The largest absolute Gasteiger partial charge is 0.480 e. The fourth-order valence-electron chi connectivity index (χ4n) is 1.97. The molecule has 13 heteroatoms. The normalized spacial score (nSPS) is 13.5. The number of hydrogen-bond donors (Lipinski definition) is 7. The first-order valence-electron chi connectivity index (χ1n) is 8.36. The smallest absolute Gasteiger partial charge is 0.322 e. The summed E-state index contributed by atoms with van der Waals surface area (Å²) in [6.07, 6.45) is -0.840. The van der Waals surface area contributed by atoms with Crippen molar-refractivity contribution >= 4 is 35.5 Å². The van der Waals surface area contributed by atoms with Crippen LogP contribution in [-0.4, -0.2) is 65.3 Å². The number of rotatable bonds is 13. The number of hydrogen-bond acceptors (Lipinski definition) is 7. The minimum Gasteiger partial charge on any atom is -0.480 e. The van der Waals surface area contributed by atoms with Gasteiger partial charge in [-0.3, -0.25) is 28.8 Å². The maximum absolute atomic E-state index is 12.5. The highest BCUT2D eigenvalue weighted by molar-refractivity contribution is 5.94. The third kappa shape index (κ3) is 10.7. The lowest BCUT2D eigenvalue weighted by molar-refractivity contribution is -0.138. The molecular formula is C15H26N6O7. The van der Waals surface area contributed by atoms with E-state index in [1.54, 1.807) is 0 Å². The van der Waals surface area contributed by atoms with Gasteiger partial charge in [-0.15, -0.1) is 0 Å². The van der Waals surface area contributed by atoms with Gasteiger partial charge in [-0.05, 0) is 19.8 Å². The molecule has 5 amide bonds. The Morgan fingerprint density at radius 1 is 0.821 bits per heavy atom. The lowest BCUT2D eigenvalue weighted by Crippen LogP contribution is -2.56. The Labute approximate surface area is 160 Å². The van der Waals surface area contributed by atoms with Gasteiger partial charge in [0.25, 0.3) is 0 Å². The molecule has 0 aliphatic rings. The maximum Gasteiger partial charge on any atom is 0.322 e. The van der Waals surface area contributed by atoms with Crippen LogP contribution in [0.1, 0.15) is 32.6 Å². The zero-order valence-electron chi connectivity index (χ0n) is 15.4. The predicted molar refractivity (Wildman–Crippen MR) is 95.0 cm³/mol. The molecule has 0 spiro atoms. The van der Waals surface area contributed by atoms with E-state index in [0.29, 0.717) is 0 Å². The minimum atomic E-state index is -1.31. The van der Waals surface area contributed by atoms with E-state index >= 15 is 0 Å². The molecule has 0 radical (unpaired) electrons. The highest BCUT2D eigenvalue weighted by atomic mass is 16.4. The Morgan fingerprint density at radius 3 is 1.64 bits per heavy atom. The molecule has 13 nitrogen and oxygen atoms in total. The first kappa shape index (κ1) is 24.8. The standard InChI is InChI=1S/C15H26N6O7/c1-7(16)13(26)20-9(3-5-11(18)23)15(28)21-8(2-4-10(17)22)14(27)19-6-12(24)25/h7-9H,2-6,16H2,1H3,(H2,17,22)(H2,18,23)(H,19,27)(H,20,26)(H,21,28)(H,24,25). The second kappa shape index (κ2) is 12.2. The summed E-state index contributed by atoms with van der Waals surface area (Å²) in [5.74, 6) is -5.12. The average Bonchev–Trinajstić information content (AvgIpc) is 2.58. The van der Waals surface area contributed by atoms with Gasteiger partial charge in [-0.1, -0.05) is 0 Å². The van der Waals surface area contributed by atoms with E-state index in [2.05, 4.69) is 16.0 Å². The molecule has 0 aliphatic carbocycles. The van der Waals surface area contributed by atoms with Crippen LogP contribution >= 0.6 is 0 Å². The van der Waals surface area contributed by atoms with Gasteiger partial charge in [0, 0.05) is 12.8 Å². The van der Waals surface area contributed by atoms with Gasteiger partial charge >= 0.3 is 5.97 Å². The summed E-state index contributed by atoms with van der Waals surface area (Å²) in [4.78, 5) is 68.9. The molecule has 10 N–H and O–H groups in total. The molecule has 0 saturated carbocycles. The number of carbonyl (C=O) groups excluding carboxylic acids is 5. The van der Waals surface area contributed by atoms with Crippen LogP contribution in [0.15, 0.2) is 0 Å². The highest BCUT2D eigenvalue weighted by Crippen LogP contribution is 2.03. The lowest BCUT2D eigenvalue weighted by atomic mass is 10.1. The summed E-state index contributed by atoms with van der Waals surface area (Å²) in [6, 6.07) is -3.45. The van der Waals surface area contributed by atoms with Crippen molar-refractivity contribution in [2.75, 3.05) is 6.54 Å². The molecule has 0 aromatic rings. The first-order valence-corrected chi connectivity index (χ1v) is 8.36. The van der Waals surface area contributed by atoms with Crippen LogP contribution in [0.25, 0.3) is 0 Å². The topological polar surface area (TPSA) is 237 Å². The molecule has 3 atom stereocenters. The zero-order chi connectivity index (χ0) is 21.9. The fraction of sp³-hybridized carbons (Fsp3) is 0.600. The van der Waals surface area contributed by atoms with Crippen LogP contribution in [0, 0.1) is 0 Å². The van der Waals surface area contributed by atoms with E-state index < -0.39 is 60.2 Å². The van der Waals surface area contributed by atoms with Crippen LogP contribution in [0.3, 0.4) is 0 Å². The van der Waals surface area contributed by atoms with E-state index in [-0.39, 0.29) is 25.7 Å². The van der Waals surface area contributed by atoms with Crippen LogP contribution in [-0.2, 0) is 28.8 Å². The quantitative estimate of drug-likeness (QED) is 0.160. The zero-order valence-corrected chi connectivity index (χ0v) is 15.4. The Morgan fingerprint density at radius 2 is 1.25 bits per heavy atom. The average molecular weight is 402 g/mol. The molecule has 0 fully saturated rings. The Kier molecular flexibility index (Phi) is 10.8. The van der Waals surface area contributed by atoms with Gasteiger partial charge in [-0.2, -0.15) is 0 Å². The van der Waals surface area contributed by atoms with Gasteiger partial charge in [0.1, 0.15) is 18.6 Å². The van der Waals surface area contributed by atoms with Crippen molar-refractivity contribution in [1.29, 1.82) is 0 Å². The van der Waals surface area contributed by atoms with Gasteiger partial charge in [0.15, 0.2) is 0 Å². The minimum absolute atomic E-state index is 0.154. The molecule has 0 aromatic heterocycles. The molecule has 158 valence electrons. The summed E-state index contributed by atoms with van der Waals surface area (Å²) in [5.41, 5.74) is 15.5. The number of carboxylic acid groups (broad SMARTS) is 1. The summed E-state index contributed by atoms with van der Waals surface area (Å²) < 4.78 is 0. The summed E-state index contributed by atoms with van der Waals surface area (Å²) >= 11 is 0. The molecular weight excluding hydrogens is 376 g/mol. The molecule has 0 heterocycles. The number of primary amides is 2. The fourth-order valence-corrected chi connectivity index (χ4v) is 1.97. The molecule has 0 rings (SSSR count). The number of carbonyl (C=O) groups is 6. The lowest BCUT2D eigenvalue weighted by Gasteiger charge is -2.23. The van der Waals surface area contributed by atoms with Crippen LogP contribution in [0.5, 0.6) is 0 Å². The second-order valence-electron chi connectivity index (χ2n) is 6.03. The monoisotopic (exact) mass is 402 g/mol. The van der Waals surface area contributed by atoms with Crippen molar-refractivity contribution < 1.29 is 33.9 Å². The van der Waals surface area contributed by atoms with Gasteiger partial charge in [0.2, 0.25) is 29.5 Å². The number of aliphatic carboxylic acids is 1. The van der Waals surface area contributed by atoms with E-state index in [0.717, 1.165) is 0 Å². The van der Waals surface area contributed by atoms with Crippen LogP contribution in [0.4, 0.5) is 0 Å². The Hall–Kier alpha value is -3.22. The molecule has 0 saturated heterocycles. The van der Waals surface area contributed by atoms with Gasteiger partial charge in [0.05, 0.1) is 6.04 Å². The number of carboxylic acids is 1. The van der Waals surface area contributed by atoms with E-state index in [4.69, 9.17) is 22.3 Å². The molecule has 28 heavy (non-hydrogen) atoms. The third-order valence-corrected chi connectivity index (χ3v) is 3.45. The SMILES string of the molecule is CC(N)C(=O)NC(CCC(N)=O)C(=O)NC(CCC(N)=O)C(=O)NCC(=O)O. The Balaban J connectivity index is 5.24.